The Bertz CT molecular complexity index is 510. The standard InChI is InChI=1S/C15H16BrNO/c1-11(13-3-2-4-14(16)9-13)17-10-12-5-7-15(18)8-6-12/h2-9,11,17-18H,10H2,1H3. The van der Waals surface area contributed by atoms with Crippen molar-refractivity contribution in [2.45, 2.75) is 19.5 Å². The molecule has 94 valence electrons. The second kappa shape index (κ2) is 6.03. The minimum Gasteiger partial charge on any atom is -0.508 e. The Labute approximate surface area is 116 Å². The van der Waals surface area contributed by atoms with Crippen molar-refractivity contribution in [2.75, 3.05) is 0 Å². The summed E-state index contributed by atoms with van der Waals surface area (Å²) in [6, 6.07) is 15.9. The first-order valence-corrected chi connectivity index (χ1v) is 6.71. The molecule has 1 atom stereocenters. The van der Waals surface area contributed by atoms with E-state index >= 15 is 0 Å². The van der Waals surface area contributed by atoms with Gasteiger partial charge in [0.2, 0.25) is 0 Å². The van der Waals surface area contributed by atoms with E-state index in [0.717, 1.165) is 16.6 Å². The van der Waals surface area contributed by atoms with Crippen LogP contribution in [0.2, 0.25) is 0 Å². The van der Waals surface area contributed by atoms with Crippen LogP contribution in [0.15, 0.2) is 53.0 Å². The van der Waals surface area contributed by atoms with E-state index in [-0.39, 0.29) is 6.04 Å². The topological polar surface area (TPSA) is 32.3 Å². The zero-order valence-corrected chi connectivity index (χ0v) is 11.8. The molecule has 0 saturated carbocycles. The Morgan fingerprint density at radius 2 is 1.89 bits per heavy atom. The molecule has 0 spiro atoms. The van der Waals surface area contributed by atoms with Crippen molar-refractivity contribution in [3.05, 3.63) is 64.1 Å². The van der Waals surface area contributed by atoms with Gasteiger partial charge in [0.05, 0.1) is 0 Å². The van der Waals surface area contributed by atoms with Crippen LogP contribution in [0.1, 0.15) is 24.1 Å². The summed E-state index contributed by atoms with van der Waals surface area (Å²) in [7, 11) is 0. The largest absolute Gasteiger partial charge is 0.508 e. The monoisotopic (exact) mass is 305 g/mol. The molecule has 2 aromatic carbocycles. The van der Waals surface area contributed by atoms with E-state index in [1.807, 2.05) is 24.3 Å². The van der Waals surface area contributed by atoms with Gasteiger partial charge in [0.15, 0.2) is 0 Å². The van der Waals surface area contributed by atoms with Crippen LogP contribution in [0.3, 0.4) is 0 Å². The average Bonchev–Trinajstić information content (AvgIpc) is 2.38. The number of phenols is 1. The number of nitrogens with one attached hydrogen (secondary N) is 1. The zero-order chi connectivity index (χ0) is 13.0. The lowest BCUT2D eigenvalue weighted by molar-refractivity contribution is 0.474. The first kappa shape index (κ1) is 13.1. The van der Waals surface area contributed by atoms with Crippen LogP contribution in [0.5, 0.6) is 5.75 Å². The normalized spacial score (nSPS) is 12.3. The Kier molecular flexibility index (Phi) is 4.39. The molecule has 3 heteroatoms. The Morgan fingerprint density at radius 3 is 2.56 bits per heavy atom. The first-order chi connectivity index (χ1) is 8.65. The Morgan fingerprint density at radius 1 is 1.17 bits per heavy atom. The predicted molar refractivity (Wildman–Crippen MR) is 77.5 cm³/mol. The molecule has 2 rings (SSSR count). The highest BCUT2D eigenvalue weighted by atomic mass is 79.9. The number of rotatable bonds is 4. The molecule has 0 saturated heterocycles. The summed E-state index contributed by atoms with van der Waals surface area (Å²) >= 11 is 3.48. The second-order valence-electron chi connectivity index (χ2n) is 4.32. The van der Waals surface area contributed by atoms with E-state index in [1.165, 1.54) is 5.56 Å². The molecule has 2 aromatic rings. The molecule has 0 aliphatic heterocycles. The molecule has 0 amide bonds. The van der Waals surface area contributed by atoms with Gasteiger partial charge in [-0.2, -0.15) is 0 Å². The second-order valence-corrected chi connectivity index (χ2v) is 5.24. The number of benzene rings is 2. The molecule has 0 aliphatic carbocycles. The van der Waals surface area contributed by atoms with E-state index < -0.39 is 0 Å². The number of phenolic OH excluding ortho intramolecular Hbond substituents is 1. The summed E-state index contributed by atoms with van der Waals surface area (Å²) < 4.78 is 1.10. The van der Waals surface area contributed by atoms with Crippen LogP contribution >= 0.6 is 15.9 Å². The average molecular weight is 306 g/mol. The molecule has 2 N–H and O–H groups in total. The highest BCUT2D eigenvalue weighted by Gasteiger charge is 2.04. The predicted octanol–water partition coefficient (Wildman–Crippen LogP) is 4.01. The van der Waals surface area contributed by atoms with Crippen molar-refractivity contribution >= 4 is 15.9 Å². The van der Waals surface area contributed by atoms with E-state index in [0.29, 0.717) is 5.75 Å². The lowest BCUT2D eigenvalue weighted by Gasteiger charge is -2.14. The maximum Gasteiger partial charge on any atom is 0.115 e. The minimum atomic E-state index is 0.288. The van der Waals surface area contributed by atoms with Crippen molar-refractivity contribution < 1.29 is 5.11 Å². The van der Waals surface area contributed by atoms with E-state index in [4.69, 9.17) is 0 Å². The van der Waals surface area contributed by atoms with E-state index in [9.17, 15) is 5.11 Å². The van der Waals surface area contributed by atoms with Crippen molar-refractivity contribution in [1.29, 1.82) is 0 Å². The lowest BCUT2D eigenvalue weighted by atomic mass is 10.1. The summed E-state index contributed by atoms with van der Waals surface area (Å²) in [5.74, 6) is 0.304. The van der Waals surface area contributed by atoms with Crippen LogP contribution in [0.4, 0.5) is 0 Å². The summed E-state index contributed by atoms with van der Waals surface area (Å²) in [5, 5.41) is 12.7. The van der Waals surface area contributed by atoms with Crippen LogP contribution in [0, 0.1) is 0 Å². The van der Waals surface area contributed by atoms with Gasteiger partial charge < -0.3 is 10.4 Å². The summed E-state index contributed by atoms with van der Waals surface area (Å²) in [6.45, 7) is 2.93. The number of hydrogen-bond donors (Lipinski definition) is 2. The van der Waals surface area contributed by atoms with Crippen molar-refractivity contribution in [3.63, 3.8) is 0 Å². The molecular weight excluding hydrogens is 290 g/mol. The van der Waals surface area contributed by atoms with Gasteiger partial charge in [0.1, 0.15) is 5.75 Å². The van der Waals surface area contributed by atoms with E-state index in [2.05, 4.69) is 40.3 Å². The lowest BCUT2D eigenvalue weighted by Crippen LogP contribution is -2.17. The van der Waals surface area contributed by atoms with Gasteiger partial charge in [-0.25, -0.2) is 0 Å². The van der Waals surface area contributed by atoms with Gasteiger partial charge in [0.25, 0.3) is 0 Å². The van der Waals surface area contributed by atoms with Gasteiger partial charge in [-0.3, -0.25) is 0 Å². The third-order valence-corrected chi connectivity index (χ3v) is 3.39. The van der Waals surface area contributed by atoms with Crippen LogP contribution in [0.25, 0.3) is 0 Å². The minimum absolute atomic E-state index is 0.288. The maximum absolute atomic E-state index is 9.22. The smallest absolute Gasteiger partial charge is 0.115 e. The Hall–Kier alpha value is -1.32. The highest BCUT2D eigenvalue weighted by molar-refractivity contribution is 9.10. The molecular formula is C15H16BrNO. The van der Waals surface area contributed by atoms with Gasteiger partial charge in [-0.05, 0) is 42.3 Å². The molecule has 0 bridgehead atoms. The van der Waals surface area contributed by atoms with Gasteiger partial charge >= 0.3 is 0 Å². The fraction of sp³-hybridized carbons (Fsp3) is 0.200. The maximum atomic E-state index is 9.22. The van der Waals surface area contributed by atoms with Gasteiger partial charge in [0, 0.05) is 17.1 Å². The van der Waals surface area contributed by atoms with E-state index in [1.54, 1.807) is 12.1 Å². The molecule has 0 heterocycles. The molecule has 2 nitrogen and oxygen atoms in total. The third kappa shape index (κ3) is 3.59. The summed E-state index contributed by atoms with van der Waals surface area (Å²) in [5.41, 5.74) is 2.41. The van der Waals surface area contributed by atoms with Crippen molar-refractivity contribution in [2.24, 2.45) is 0 Å². The zero-order valence-electron chi connectivity index (χ0n) is 10.2. The fourth-order valence-corrected chi connectivity index (χ4v) is 2.20. The quantitative estimate of drug-likeness (QED) is 0.894. The molecule has 0 radical (unpaired) electrons. The van der Waals surface area contributed by atoms with Crippen molar-refractivity contribution in [1.82, 2.24) is 5.32 Å². The number of halogens is 1. The molecule has 1 unspecified atom stereocenters. The molecule has 0 aliphatic rings. The number of hydrogen-bond acceptors (Lipinski definition) is 2. The highest BCUT2D eigenvalue weighted by Crippen LogP contribution is 2.18. The van der Waals surface area contributed by atoms with Gasteiger partial charge in [-0.1, -0.05) is 40.2 Å². The first-order valence-electron chi connectivity index (χ1n) is 5.92. The van der Waals surface area contributed by atoms with Gasteiger partial charge in [-0.15, -0.1) is 0 Å². The molecule has 18 heavy (non-hydrogen) atoms. The SMILES string of the molecule is CC(NCc1ccc(O)cc1)c1cccc(Br)c1. The molecule has 0 fully saturated rings. The fourth-order valence-electron chi connectivity index (χ4n) is 1.78. The molecule has 0 aromatic heterocycles. The van der Waals surface area contributed by atoms with Crippen LogP contribution in [-0.2, 0) is 6.54 Å². The summed E-state index contributed by atoms with van der Waals surface area (Å²) in [6.07, 6.45) is 0. The summed E-state index contributed by atoms with van der Waals surface area (Å²) in [4.78, 5) is 0. The Balaban J connectivity index is 1.96. The number of aromatic hydroxyl groups is 1. The van der Waals surface area contributed by atoms with Crippen LogP contribution < -0.4 is 5.32 Å². The third-order valence-electron chi connectivity index (χ3n) is 2.90. The van der Waals surface area contributed by atoms with Crippen LogP contribution in [-0.4, -0.2) is 5.11 Å². The van der Waals surface area contributed by atoms with Crippen molar-refractivity contribution in [3.8, 4) is 5.75 Å².